The van der Waals surface area contributed by atoms with Crippen molar-refractivity contribution in [3.05, 3.63) is 116 Å². The lowest BCUT2D eigenvalue weighted by Crippen LogP contribution is -2.20. The zero-order valence-electron chi connectivity index (χ0n) is 16.8. The molecule has 33 heavy (non-hydrogen) atoms. The van der Waals surface area contributed by atoms with Gasteiger partial charge in [0.2, 0.25) is 3.79 Å². The molecular weight excluding hydrogens is 560 g/mol. The third-order valence-corrected chi connectivity index (χ3v) is 7.09. The molecule has 0 bridgehead atoms. The predicted molar refractivity (Wildman–Crippen MR) is 146 cm³/mol. The molecule has 168 valence electrons. The van der Waals surface area contributed by atoms with E-state index in [0.29, 0.717) is 20.1 Å². The molecule has 0 atom stereocenters. The van der Waals surface area contributed by atoms with Crippen molar-refractivity contribution >= 4 is 81.2 Å². The average molecular weight is 576 g/mol. The summed E-state index contributed by atoms with van der Waals surface area (Å²) in [4.78, 5) is 0. The van der Waals surface area contributed by atoms with Crippen LogP contribution in [0.15, 0.2) is 84.9 Å². The number of halogens is 7. The first-order valence-electron chi connectivity index (χ1n) is 9.82. The van der Waals surface area contributed by atoms with Crippen LogP contribution in [-0.4, -0.2) is 3.79 Å². The largest absolute Gasteiger partial charge is 0.201 e. The van der Waals surface area contributed by atoms with Gasteiger partial charge in [0.25, 0.3) is 0 Å². The van der Waals surface area contributed by atoms with Crippen LogP contribution >= 0.6 is 81.2 Å². The summed E-state index contributed by atoms with van der Waals surface area (Å²) in [6.07, 6.45) is 0. The molecule has 0 unspecified atom stereocenters. The topological polar surface area (TPSA) is 0 Å². The lowest BCUT2D eigenvalue weighted by Gasteiger charge is -2.30. The van der Waals surface area contributed by atoms with Crippen LogP contribution in [0.3, 0.4) is 0 Å². The van der Waals surface area contributed by atoms with Gasteiger partial charge in [0.05, 0.1) is 5.92 Å². The highest BCUT2D eigenvalue weighted by molar-refractivity contribution is 6.68. The normalized spacial score (nSPS) is 11.8. The van der Waals surface area contributed by atoms with Crippen LogP contribution in [0.1, 0.15) is 17.0 Å². The molecule has 7 heteroatoms. The number of hydrogen-bond acceptors (Lipinski definition) is 0. The average Bonchev–Trinajstić information content (AvgIpc) is 2.76. The Morgan fingerprint density at radius 3 is 1.24 bits per heavy atom. The lowest BCUT2D eigenvalue weighted by atomic mass is 9.83. The maximum atomic E-state index is 6.65. The highest BCUT2D eigenvalue weighted by Crippen LogP contribution is 2.52. The Labute approximate surface area is 227 Å². The summed E-state index contributed by atoms with van der Waals surface area (Å²) in [5.74, 6) is -0.686. The molecule has 0 heterocycles. The molecule has 0 aliphatic rings. The van der Waals surface area contributed by atoms with Gasteiger partial charge >= 0.3 is 0 Å². The van der Waals surface area contributed by atoms with Gasteiger partial charge in [-0.1, -0.05) is 130 Å². The van der Waals surface area contributed by atoms with Gasteiger partial charge in [0, 0.05) is 31.2 Å². The highest BCUT2D eigenvalue weighted by atomic mass is 35.6. The first kappa shape index (κ1) is 25.0. The number of benzene rings is 4. The third-order valence-electron chi connectivity index (χ3n) is 5.31. The molecule has 0 radical (unpaired) electrons. The highest BCUT2D eigenvalue weighted by Gasteiger charge is 2.38. The number of hydrogen-bond donors (Lipinski definition) is 0. The zero-order valence-corrected chi connectivity index (χ0v) is 22.1. The number of rotatable bonds is 4. The minimum atomic E-state index is -1.71. The summed E-state index contributed by atoms with van der Waals surface area (Å²) in [7, 11) is 0. The zero-order chi connectivity index (χ0) is 23.8. The van der Waals surface area contributed by atoms with Crippen molar-refractivity contribution in [3.63, 3.8) is 0 Å². The van der Waals surface area contributed by atoms with Crippen molar-refractivity contribution in [2.24, 2.45) is 0 Å². The Hall–Kier alpha value is -1.09. The van der Waals surface area contributed by atoms with Gasteiger partial charge in [-0.3, -0.25) is 0 Å². The Morgan fingerprint density at radius 1 is 0.485 bits per heavy atom. The Bertz CT molecular complexity index is 1210. The van der Waals surface area contributed by atoms with Gasteiger partial charge in [0.15, 0.2) is 0 Å². The molecule has 0 saturated carbocycles. The Balaban J connectivity index is 2.04. The monoisotopic (exact) mass is 572 g/mol. The van der Waals surface area contributed by atoms with Crippen molar-refractivity contribution in [1.29, 1.82) is 0 Å². The molecule has 4 aromatic carbocycles. The fourth-order valence-electron chi connectivity index (χ4n) is 3.91. The van der Waals surface area contributed by atoms with Crippen molar-refractivity contribution in [2.75, 3.05) is 0 Å². The molecule has 0 amide bonds. The lowest BCUT2D eigenvalue weighted by molar-refractivity contribution is 0.843. The number of alkyl halides is 3. The van der Waals surface area contributed by atoms with Crippen LogP contribution in [0, 0.1) is 0 Å². The fourth-order valence-corrected chi connectivity index (χ4v) is 5.43. The standard InChI is InChI=1S/C26H15Cl7/c27-15-9-11-19(21(13-15)17-5-1-3-7-23(17)29)25(26(31,32)33)20-12-10-16(28)14-22(20)18-6-2-4-8-24(18)30/h1-14,25H. The molecule has 4 aromatic rings. The second kappa shape index (κ2) is 10.3. The van der Waals surface area contributed by atoms with E-state index in [4.69, 9.17) is 81.2 Å². The first-order valence-corrected chi connectivity index (χ1v) is 12.5. The van der Waals surface area contributed by atoms with E-state index in [9.17, 15) is 0 Å². The Kier molecular flexibility index (Phi) is 7.78. The van der Waals surface area contributed by atoms with E-state index < -0.39 is 9.71 Å². The second-order valence-corrected chi connectivity index (χ2v) is 11.5. The summed E-state index contributed by atoms with van der Waals surface area (Å²) in [6, 6.07) is 25.9. The molecule has 0 aromatic heterocycles. The van der Waals surface area contributed by atoms with Crippen molar-refractivity contribution in [2.45, 2.75) is 9.71 Å². The second-order valence-electron chi connectivity index (χ2n) is 7.40. The molecule has 0 fully saturated rings. The minimum absolute atomic E-state index is 0.541. The van der Waals surface area contributed by atoms with Crippen molar-refractivity contribution < 1.29 is 0 Å². The van der Waals surface area contributed by atoms with Crippen LogP contribution < -0.4 is 0 Å². The van der Waals surface area contributed by atoms with Crippen LogP contribution in [0.4, 0.5) is 0 Å². The molecule has 0 N–H and O–H groups in total. The summed E-state index contributed by atoms with van der Waals surface area (Å²) in [6.45, 7) is 0. The van der Waals surface area contributed by atoms with Gasteiger partial charge in [0.1, 0.15) is 0 Å². The van der Waals surface area contributed by atoms with Gasteiger partial charge in [-0.15, -0.1) is 0 Å². The van der Waals surface area contributed by atoms with E-state index >= 15 is 0 Å². The Morgan fingerprint density at radius 2 is 0.879 bits per heavy atom. The first-order chi connectivity index (χ1) is 15.7. The fraction of sp³-hybridized carbons (Fsp3) is 0.0769. The van der Waals surface area contributed by atoms with Gasteiger partial charge < -0.3 is 0 Å². The van der Waals surface area contributed by atoms with Gasteiger partial charge in [-0.05, 0) is 58.7 Å². The van der Waals surface area contributed by atoms with E-state index in [1.54, 1.807) is 12.1 Å². The summed E-state index contributed by atoms with van der Waals surface area (Å²) in [5, 5.41) is 2.20. The maximum absolute atomic E-state index is 6.65. The van der Waals surface area contributed by atoms with E-state index in [2.05, 4.69) is 0 Å². The van der Waals surface area contributed by atoms with Crippen LogP contribution in [0.2, 0.25) is 20.1 Å². The van der Waals surface area contributed by atoms with E-state index in [-0.39, 0.29) is 0 Å². The molecule has 0 nitrogen and oxygen atoms in total. The molecular formula is C26H15Cl7. The molecule has 0 aliphatic heterocycles. The van der Waals surface area contributed by atoms with Crippen LogP contribution in [-0.2, 0) is 0 Å². The molecule has 4 rings (SSSR count). The quantitative estimate of drug-likeness (QED) is 0.212. The summed E-state index contributed by atoms with van der Waals surface area (Å²) >= 11 is 45.8. The van der Waals surface area contributed by atoms with E-state index in [0.717, 1.165) is 33.4 Å². The minimum Gasteiger partial charge on any atom is -0.0843 e. The smallest absolute Gasteiger partial charge is 0.0843 e. The molecule has 0 aliphatic carbocycles. The SMILES string of the molecule is Clc1ccc(C(c2ccc(Cl)cc2-c2ccccc2Cl)C(Cl)(Cl)Cl)c(-c2ccccc2Cl)c1. The molecule has 0 spiro atoms. The van der Waals surface area contributed by atoms with Crippen molar-refractivity contribution in [3.8, 4) is 22.3 Å². The summed E-state index contributed by atoms with van der Waals surface area (Å²) < 4.78 is -1.71. The van der Waals surface area contributed by atoms with Crippen LogP contribution in [0.25, 0.3) is 22.3 Å². The summed E-state index contributed by atoms with van der Waals surface area (Å²) in [5.41, 5.74) is 4.61. The van der Waals surface area contributed by atoms with Crippen molar-refractivity contribution in [1.82, 2.24) is 0 Å². The van der Waals surface area contributed by atoms with Gasteiger partial charge in [-0.2, -0.15) is 0 Å². The third kappa shape index (κ3) is 5.44. The van der Waals surface area contributed by atoms with E-state index in [1.807, 2.05) is 72.8 Å². The molecule has 0 saturated heterocycles. The van der Waals surface area contributed by atoms with Crippen LogP contribution in [0.5, 0.6) is 0 Å². The van der Waals surface area contributed by atoms with E-state index in [1.165, 1.54) is 0 Å². The maximum Gasteiger partial charge on any atom is 0.201 e. The van der Waals surface area contributed by atoms with Gasteiger partial charge in [-0.25, -0.2) is 0 Å². The predicted octanol–water partition coefficient (Wildman–Crippen LogP) is 11.1.